The summed E-state index contributed by atoms with van der Waals surface area (Å²) in [6.45, 7) is 5.90. The van der Waals surface area contributed by atoms with Crippen LogP contribution in [0.3, 0.4) is 0 Å². The quantitative estimate of drug-likeness (QED) is 0.584. The first-order chi connectivity index (χ1) is 13.5. The van der Waals surface area contributed by atoms with Crippen molar-refractivity contribution in [3.63, 3.8) is 0 Å². The molecule has 150 valence electrons. The Morgan fingerprint density at radius 3 is 1.93 bits per heavy atom. The molecule has 1 aliphatic rings. The molecule has 1 fully saturated rings. The van der Waals surface area contributed by atoms with Crippen LogP contribution in [0.5, 0.6) is 0 Å². The van der Waals surface area contributed by atoms with E-state index in [0.29, 0.717) is 6.61 Å². The lowest BCUT2D eigenvalue weighted by molar-refractivity contribution is -0.131. The molecule has 1 heterocycles. The summed E-state index contributed by atoms with van der Waals surface area (Å²) in [5.74, 6) is -0.762. The van der Waals surface area contributed by atoms with Crippen molar-refractivity contribution in [2.75, 3.05) is 39.3 Å². The van der Waals surface area contributed by atoms with Crippen molar-refractivity contribution in [1.29, 1.82) is 0 Å². The van der Waals surface area contributed by atoms with Gasteiger partial charge in [-0.2, -0.15) is 0 Å². The van der Waals surface area contributed by atoms with Gasteiger partial charge < -0.3 is 0 Å². The van der Waals surface area contributed by atoms with E-state index in [1.165, 1.54) is 31.2 Å². The topological polar surface area (TPSA) is 44.8 Å². The van der Waals surface area contributed by atoms with E-state index >= 15 is 0 Å². The van der Waals surface area contributed by atoms with Gasteiger partial charge in [0.15, 0.2) is 0 Å². The summed E-state index contributed by atoms with van der Waals surface area (Å²) >= 11 is 0. The minimum absolute atomic E-state index is 0.0565. The molecule has 0 saturated carbocycles. The highest BCUT2D eigenvalue weighted by atomic mass is 19.1. The van der Waals surface area contributed by atoms with E-state index in [2.05, 4.69) is 15.3 Å². The minimum Gasteiger partial charge on any atom is -0.298 e. The van der Waals surface area contributed by atoms with Crippen LogP contribution >= 0.6 is 0 Å². The molecule has 0 aliphatic carbocycles. The summed E-state index contributed by atoms with van der Waals surface area (Å²) in [5, 5.41) is 0. The first-order valence-electron chi connectivity index (χ1n) is 9.38. The monoisotopic (exact) mass is 389 g/mol. The number of nitrogens with one attached hydrogen (secondary N) is 1. The molecule has 7 heteroatoms. The number of hydroxylamine groups is 1. The van der Waals surface area contributed by atoms with Gasteiger partial charge in [-0.3, -0.25) is 19.4 Å². The third-order valence-corrected chi connectivity index (χ3v) is 4.87. The predicted octanol–water partition coefficient (Wildman–Crippen LogP) is 2.74. The Balaban J connectivity index is 1.66. The summed E-state index contributed by atoms with van der Waals surface area (Å²) in [6.07, 6.45) is 0. The second-order valence-corrected chi connectivity index (χ2v) is 6.89. The van der Waals surface area contributed by atoms with Gasteiger partial charge in [0.1, 0.15) is 11.6 Å². The van der Waals surface area contributed by atoms with E-state index < -0.39 is 0 Å². The van der Waals surface area contributed by atoms with Crippen LogP contribution in [0.15, 0.2) is 48.5 Å². The third-order valence-electron chi connectivity index (χ3n) is 4.87. The maximum Gasteiger partial charge on any atom is 0.240 e. The Morgan fingerprint density at radius 2 is 1.46 bits per heavy atom. The van der Waals surface area contributed by atoms with Crippen LogP contribution in [-0.2, 0) is 9.63 Å². The number of piperazine rings is 1. The Morgan fingerprint density at radius 1 is 0.964 bits per heavy atom. The molecule has 0 unspecified atom stereocenters. The van der Waals surface area contributed by atoms with Crippen molar-refractivity contribution < 1.29 is 18.4 Å². The lowest BCUT2D eigenvalue weighted by atomic mass is 9.96. The fourth-order valence-corrected chi connectivity index (χ4v) is 3.48. The molecule has 28 heavy (non-hydrogen) atoms. The molecule has 0 spiro atoms. The summed E-state index contributed by atoms with van der Waals surface area (Å²) in [7, 11) is 0. The van der Waals surface area contributed by atoms with Crippen molar-refractivity contribution in [3.8, 4) is 0 Å². The first-order valence-corrected chi connectivity index (χ1v) is 9.38. The lowest BCUT2D eigenvalue weighted by Crippen LogP contribution is -2.48. The Kier molecular flexibility index (Phi) is 7.08. The van der Waals surface area contributed by atoms with E-state index in [1.807, 2.05) is 0 Å². The van der Waals surface area contributed by atoms with Gasteiger partial charge in [-0.15, -0.1) is 0 Å². The van der Waals surface area contributed by atoms with Gasteiger partial charge in [0.2, 0.25) is 5.91 Å². The molecule has 0 atom stereocenters. The predicted molar refractivity (Wildman–Crippen MR) is 102 cm³/mol. The largest absolute Gasteiger partial charge is 0.298 e. The van der Waals surface area contributed by atoms with E-state index in [4.69, 9.17) is 4.84 Å². The number of hydrogen-bond acceptors (Lipinski definition) is 4. The minimum atomic E-state index is -0.273. The number of hydrogen-bond donors (Lipinski definition) is 1. The average molecular weight is 389 g/mol. The van der Waals surface area contributed by atoms with Crippen LogP contribution in [-0.4, -0.2) is 55.0 Å². The van der Waals surface area contributed by atoms with E-state index in [-0.39, 0.29) is 23.6 Å². The molecule has 1 saturated heterocycles. The molecular weight excluding hydrogens is 364 g/mol. The molecule has 0 radical (unpaired) electrons. The van der Waals surface area contributed by atoms with Gasteiger partial charge >= 0.3 is 0 Å². The van der Waals surface area contributed by atoms with Gasteiger partial charge in [-0.1, -0.05) is 24.3 Å². The SMILES string of the molecule is CC(=O)NOCCN1CCN(C(c2ccc(F)cc2)c2ccc(F)cc2)CC1. The molecule has 0 aromatic heterocycles. The average Bonchev–Trinajstić information content (AvgIpc) is 2.69. The molecular formula is C21H25F2N3O2. The van der Waals surface area contributed by atoms with Crippen LogP contribution in [0.2, 0.25) is 0 Å². The number of carbonyl (C=O) groups is 1. The fourth-order valence-electron chi connectivity index (χ4n) is 3.48. The highest BCUT2D eigenvalue weighted by Crippen LogP contribution is 2.30. The van der Waals surface area contributed by atoms with Crippen molar-refractivity contribution in [2.45, 2.75) is 13.0 Å². The first kappa shape index (κ1) is 20.4. The van der Waals surface area contributed by atoms with Gasteiger partial charge in [-0.25, -0.2) is 14.3 Å². The van der Waals surface area contributed by atoms with E-state index in [0.717, 1.165) is 43.9 Å². The summed E-state index contributed by atoms with van der Waals surface area (Å²) < 4.78 is 26.8. The maximum absolute atomic E-state index is 13.4. The zero-order valence-electron chi connectivity index (χ0n) is 15.9. The zero-order valence-corrected chi connectivity index (χ0v) is 15.9. The Hall–Kier alpha value is -2.35. The van der Waals surface area contributed by atoms with Crippen molar-refractivity contribution in [3.05, 3.63) is 71.3 Å². The Bertz CT molecular complexity index is 715. The molecule has 0 bridgehead atoms. The number of rotatable bonds is 7. The maximum atomic E-state index is 13.4. The molecule has 2 aromatic rings. The second-order valence-electron chi connectivity index (χ2n) is 6.89. The highest BCUT2D eigenvalue weighted by Gasteiger charge is 2.26. The summed E-state index contributed by atoms with van der Waals surface area (Å²) in [4.78, 5) is 20.5. The van der Waals surface area contributed by atoms with Crippen molar-refractivity contribution in [2.24, 2.45) is 0 Å². The van der Waals surface area contributed by atoms with Crippen LogP contribution in [0, 0.1) is 11.6 Å². The second kappa shape index (κ2) is 9.73. The number of halogens is 2. The van der Waals surface area contributed by atoms with Gasteiger partial charge in [0, 0.05) is 39.6 Å². The van der Waals surface area contributed by atoms with Gasteiger partial charge in [-0.05, 0) is 35.4 Å². The number of amides is 1. The van der Waals surface area contributed by atoms with Crippen molar-refractivity contribution >= 4 is 5.91 Å². The molecule has 2 aromatic carbocycles. The summed E-state index contributed by atoms with van der Waals surface area (Å²) in [5.41, 5.74) is 4.29. The molecule has 1 aliphatic heterocycles. The highest BCUT2D eigenvalue weighted by molar-refractivity contribution is 5.71. The lowest BCUT2D eigenvalue weighted by Gasteiger charge is -2.39. The number of carbonyl (C=O) groups excluding carboxylic acids is 1. The van der Waals surface area contributed by atoms with Crippen LogP contribution in [0.1, 0.15) is 24.1 Å². The number of nitrogens with zero attached hydrogens (tertiary/aromatic N) is 2. The van der Waals surface area contributed by atoms with E-state index in [1.54, 1.807) is 24.3 Å². The normalized spacial score (nSPS) is 15.7. The smallest absolute Gasteiger partial charge is 0.240 e. The molecule has 3 rings (SSSR count). The molecule has 1 amide bonds. The van der Waals surface area contributed by atoms with Crippen LogP contribution in [0.4, 0.5) is 8.78 Å². The molecule has 1 N–H and O–H groups in total. The summed E-state index contributed by atoms with van der Waals surface area (Å²) in [6, 6.07) is 12.9. The van der Waals surface area contributed by atoms with Crippen LogP contribution < -0.4 is 5.48 Å². The van der Waals surface area contributed by atoms with Gasteiger partial charge in [0.05, 0.1) is 12.6 Å². The third kappa shape index (κ3) is 5.58. The Labute approximate surface area is 163 Å². The van der Waals surface area contributed by atoms with Crippen molar-refractivity contribution in [1.82, 2.24) is 15.3 Å². The van der Waals surface area contributed by atoms with E-state index in [9.17, 15) is 13.6 Å². The zero-order chi connectivity index (χ0) is 19.9. The standard InChI is InChI=1S/C21H25F2N3O2/c1-16(27)24-28-15-14-25-10-12-26(13-11-25)21(17-2-6-19(22)7-3-17)18-4-8-20(23)9-5-18/h2-9,21H,10-15H2,1H3,(H,24,27). The fraction of sp³-hybridized carbons (Fsp3) is 0.381. The van der Waals surface area contributed by atoms with Gasteiger partial charge in [0.25, 0.3) is 0 Å². The molecule has 5 nitrogen and oxygen atoms in total. The van der Waals surface area contributed by atoms with Crippen LogP contribution in [0.25, 0.3) is 0 Å². The number of benzene rings is 2.